The van der Waals surface area contributed by atoms with Crippen LogP contribution in [-0.4, -0.2) is 48.1 Å². The van der Waals surface area contributed by atoms with E-state index in [0.717, 1.165) is 36.8 Å². The number of hydrogen-bond acceptors (Lipinski definition) is 7. The molecule has 3 N–H and O–H groups in total. The summed E-state index contributed by atoms with van der Waals surface area (Å²) in [5.41, 5.74) is 3.29. The van der Waals surface area contributed by atoms with Crippen molar-refractivity contribution in [1.29, 1.82) is 0 Å². The molecule has 2 aromatic carbocycles. The van der Waals surface area contributed by atoms with Crippen molar-refractivity contribution < 1.29 is 28.6 Å². The van der Waals surface area contributed by atoms with Crippen LogP contribution in [0.15, 0.2) is 42.0 Å². The Hall–Kier alpha value is -2.75. The number of hydrogen-bond donors (Lipinski definition) is 2. The molecule has 44 heavy (non-hydrogen) atoms. The van der Waals surface area contributed by atoms with Gasteiger partial charge in [0.05, 0.1) is 22.9 Å². The number of halogens is 2. The summed E-state index contributed by atoms with van der Waals surface area (Å²) in [5, 5.41) is 15.9. The number of esters is 1. The van der Waals surface area contributed by atoms with Gasteiger partial charge in [-0.3, -0.25) is 9.93 Å². The Morgan fingerprint density at radius 2 is 2.00 bits per heavy atom. The zero-order valence-electron chi connectivity index (χ0n) is 26.4. The summed E-state index contributed by atoms with van der Waals surface area (Å²) >= 11 is 7.51. The summed E-state index contributed by atoms with van der Waals surface area (Å²) in [7, 11) is 0. The predicted octanol–water partition coefficient (Wildman–Crippen LogP) is 8.18. The zero-order valence-corrected chi connectivity index (χ0v) is 28.0. The number of rotatable bonds is 15. The van der Waals surface area contributed by atoms with Gasteiger partial charge in [-0.25, -0.2) is 9.18 Å². The normalized spacial score (nSPS) is 17.2. The van der Waals surface area contributed by atoms with E-state index in [1.807, 2.05) is 19.9 Å². The second-order valence-corrected chi connectivity index (χ2v) is 13.1. The molecule has 0 saturated heterocycles. The van der Waals surface area contributed by atoms with Gasteiger partial charge < -0.3 is 19.5 Å². The third kappa shape index (κ3) is 9.38. The third-order valence-corrected chi connectivity index (χ3v) is 9.33. The van der Waals surface area contributed by atoms with E-state index in [0.29, 0.717) is 54.8 Å². The van der Waals surface area contributed by atoms with E-state index >= 15 is 4.39 Å². The molecule has 4 atom stereocenters. The predicted molar refractivity (Wildman–Crippen MR) is 177 cm³/mol. The molecule has 1 aliphatic rings. The summed E-state index contributed by atoms with van der Waals surface area (Å²) < 4.78 is 27.4. The van der Waals surface area contributed by atoms with E-state index < -0.39 is 11.8 Å². The molecule has 0 aromatic heterocycles. The SMILES string of the molecule is CCCc1c(C2COc3ccc(C(=O)O)cc3N(CCC(CC)C(OC(C)=O)/C(C)=C/CCC(C)SN)C2)ccc(Cl)c1F. The van der Waals surface area contributed by atoms with Crippen LogP contribution < -0.4 is 14.8 Å². The van der Waals surface area contributed by atoms with Gasteiger partial charge in [0.2, 0.25) is 0 Å². The van der Waals surface area contributed by atoms with Crippen molar-refractivity contribution in [3.8, 4) is 5.75 Å². The van der Waals surface area contributed by atoms with E-state index in [1.54, 1.807) is 18.2 Å². The summed E-state index contributed by atoms with van der Waals surface area (Å²) in [5.74, 6) is -1.34. The van der Waals surface area contributed by atoms with E-state index in [4.69, 9.17) is 26.2 Å². The molecule has 0 amide bonds. The van der Waals surface area contributed by atoms with Gasteiger partial charge >= 0.3 is 11.9 Å². The van der Waals surface area contributed by atoms with E-state index in [1.165, 1.54) is 24.9 Å². The Bertz CT molecular complexity index is 1320. The molecule has 1 aliphatic heterocycles. The summed E-state index contributed by atoms with van der Waals surface area (Å²) in [6, 6.07) is 8.34. The van der Waals surface area contributed by atoms with Gasteiger partial charge in [-0.15, -0.1) is 0 Å². The average molecular weight is 649 g/mol. The Morgan fingerprint density at radius 1 is 1.25 bits per heavy atom. The molecular weight excluding hydrogens is 603 g/mol. The number of nitrogens with two attached hydrogens (primary N) is 1. The fourth-order valence-corrected chi connectivity index (χ4v) is 6.33. The van der Waals surface area contributed by atoms with Crippen LogP contribution in [0.5, 0.6) is 5.75 Å². The van der Waals surface area contributed by atoms with Crippen LogP contribution in [0.3, 0.4) is 0 Å². The number of fused-ring (bicyclic) bond motifs is 1. The first kappa shape index (κ1) is 35.7. The Balaban J connectivity index is 1.96. The minimum Gasteiger partial charge on any atom is -0.491 e. The highest BCUT2D eigenvalue weighted by molar-refractivity contribution is 7.97. The topological polar surface area (TPSA) is 102 Å². The lowest BCUT2D eigenvalue weighted by molar-refractivity contribution is -0.147. The average Bonchev–Trinajstić information content (AvgIpc) is 3.18. The van der Waals surface area contributed by atoms with Crippen molar-refractivity contribution >= 4 is 41.2 Å². The van der Waals surface area contributed by atoms with E-state index in [-0.39, 0.29) is 34.5 Å². The minimum absolute atomic E-state index is 0.0220. The number of benzene rings is 2. The molecule has 0 aliphatic carbocycles. The molecule has 2 aromatic rings. The highest BCUT2D eigenvalue weighted by atomic mass is 35.5. The smallest absolute Gasteiger partial charge is 0.335 e. The molecule has 7 nitrogen and oxygen atoms in total. The van der Waals surface area contributed by atoms with E-state index in [2.05, 4.69) is 24.8 Å². The molecule has 242 valence electrons. The lowest BCUT2D eigenvalue weighted by atomic mass is 9.89. The van der Waals surface area contributed by atoms with Gasteiger partial charge in [-0.2, -0.15) is 0 Å². The van der Waals surface area contributed by atoms with E-state index in [9.17, 15) is 14.7 Å². The van der Waals surface area contributed by atoms with Crippen molar-refractivity contribution in [2.24, 2.45) is 11.1 Å². The second-order valence-electron chi connectivity index (χ2n) is 11.6. The van der Waals surface area contributed by atoms with Crippen molar-refractivity contribution in [1.82, 2.24) is 0 Å². The van der Waals surface area contributed by atoms with Crippen LogP contribution in [0.25, 0.3) is 0 Å². The van der Waals surface area contributed by atoms with Gasteiger partial charge in [0.1, 0.15) is 17.7 Å². The van der Waals surface area contributed by atoms with Crippen molar-refractivity contribution in [3.63, 3.8) is 0 Å². The molecule has 10 heteroatoms. The molecular formula is C34H46ClFN2O5S. The van der Waals surface area contributed by atoms with Gasteiger partial charge in [-0.1, -0.05) is 62.9 Å². The Labute approximate surface area is 270 Å². The van der Waals surface area contributed by atoms with Crippen LogP contribution in [0.2, 0.25) is 5.02 Å². The van der Waals surface area contributed by atoms with Crippen LogP contribution in [0.1, 0.15) is 94.1 Å². The number of carboxylic acids is 1. The van der Waals surface area contributed by atoms with Gasteiger partial charge in [0, 0.05) is 37.1 Å². The highest BCUT2D eigenvalue weighted by Crippen LogP contribution is 2.38. The number of carbonyl (C=O) groups is 2. The van der Waals surface area contributed by atoms with Gasteiger partial charge in [0.25, 0.3) is 0 Å². The molecule has 0 radical (unpaired) electrons. The number of carbonyl (C=O) groups excluding carboxylic acids is 1. The lowest BCUT2D eigenvalue weighted by Gasteiger charge is -2.32. The molecule has 1 heterocycles. The first-order valence-electron chi connectivity index (χ1n) is 15.4. The van der Waals surface area contributed by atoms with Crippen molar-refractivity contribution in [2.75, 3.05) is 24.6 Å². The highest BCUT2D eigenvalue weighted by Gasteiger charge is 2.30. The quantitative estimate of drug-likeness (QED) is 0.113. The van der Waals surface area contributed by atoms with Crippen molar-refractivity contribution in [3.05, 3.63) is 69.5 Å². The molecule has 3 rings (SSSR count). The fourth-order valence-electron chi connectivity index (χ4n) is 5.88. The van der Waals surface area contributed by atoms with Gasteiger partial charge in [0.15, 0.2) is 0 Å². The number of carboxylic acid groups (broad SMARTS) is 1. The Morgan fingerprint density at radius 3 is 2.64 bits per heavy atom. The largest absolute Gasteiger partial charge is 0.491 e. The number of allylic oxidation sites excluding steroid dienone is 1. The second kappa shape index (κ2) is 17.1. The first-order valence-corrected chi connectivity index (χ1v) is 16.7. The molecule has 0 fully saturated rings. The maximum atomic E-state index is 15.2. The zero-order chi connectivity index (χ0) is 32.4. The van der Waals surface area contributed by atoms with Crippen LogP contribution in [0.4, 0.5) is 10.1 Å². The Kier molecular flexibility index (Phi) is 13.9. The monoisotopic (exact) mass is 648 g/mol. The van der Waals surface area contributed by atoms with Crippen molar-refractivity contribution in [2.45, 2.75) is 90.4 Å². The number of anilines is 1. The fraction of sp³-hybridized carbons (Fsp3) is 0.529. The van der Waals surface area contributed by atoms with Crippen LogP contribution in [0, 0.1) is 11.7 Å². The maximum Gasteiger partial charge on any atom is 0.335 e. The molecule has 0 bridgehead atoms. The summed E-state index contributed by atoms with van der Waals surface area (Å²) in [6.45, 7) is 11.0. The molecule has 4 unspecified atom stereocenters. The first-order chi connectivity index (χ1) is 21.0. The summed E-state index contributed by atoms with van der Waals surface area (Å²) in [4.78, 5) is 26.2. The third-order valence-electron chi connectivity index (χ3n) is 8.34. The summed E-state index contributed by atoms with van der Waals surface area (Å²) in [6.07, 6.45) is 6.26. The van der Waals surface area contributed by atoms with Crippen LogP contribution >= 0.6 is 23.5 Å². The molecule has 0 spiro atoms. The molecule has 0 saturated carbocycles. The van der Waals surface area contributed by atoms with Crippen LogP contribution in [-0.2, 0) is 16.0 Å². The maximum absolute atomic E-state index is 15.2. The standard InChI is InChI=1S/C34H46ClFN2O5S/c1-6-9-28-27(13-14-29(35)32(28)36)26-19-38(30-18-25(34(40)41)12-15-31(30)42-20-26)17-16-24(7-2)33(43-23(5)39)21(3)10-8-11-22(4)44-37/h10,12-15,18,22,24,26,33H,6-9,11,16-17,19-20,37H2,1-5H3,(H,40,41)/b21-10+. The number of aromatic carboxylic acids is 1. The minimum atomic E-state index is -1.02. The lowest BCUT2D eigenvalue weighted by Crippen LogP contribution is -2.34. The number of ether oxygens (including phenoxy) is 2. The number of nitrogens with zero attached hydrogens (tertiary/aromatic N) is 1. The van der Waals surface area contributed by atoms with Gasteiger partial charge in [-0.05, 0) is 80.0 Å².